The highest BCUT2D eigenvalue weighted by molar-refractivity contribution is 8.07. The Bertz CT molecular complexity index is 1160. The molecule has 2 aliphatic rings. The van der Waals surface area contributed by atoms with E-state index in [1.54, 1.807) is 6.92 Å². The van der Waals surface area contributed by atoms with E-state index in [1.807, 2.05) is 30.3 Å². The molecular weight excluding hydrogens is 486 g/mol. The number of carbonyl (C=O) groups excluding carboxylic acids is 2. The molecule has 1 saturated heterocycles. The molecule has 172 valence electrons. The molecule has 0 saturated carbocycles. The lowest BCUT2D eigenvalue weighted by atomic mass is 10.0. The molecule has 3 heterocycles. The van der Waals surface area contributed by atoms with Crippen molar-refractivity contribution in [3.8, 4) is 0 Å². The molecule has 0 spiro atoms. The van der Waals surface area contributed by atoms with Gasteiger partial charge in [-0.15, -0.1) is 23.1 Å². The van der Waals surface area contributed by atoms with Crippen LogP contribution in [0, 0.1) is 6.92 Å². The quantitative estimate of drug-likeness (QED) is 0.461. The number of aryl methyl sites for hydroxylation is 1. The third-order valence-electron chi connectivity index (χ3n) is 5.06. The normalized spacial score (nSPS) is 19.7. The third kappa shape index (κ3) is 4.92. The van der Waals surface area contributed by atoms with Crippen molar-refractivity contribution in [3.05, 3.63) is 57.1 Å². The summed E-state index contributed by atoms with van der Waals surface area (Å²) < 4.78 is 0.525. The summed E-state index contributed by atoms with van der Waals surface area (Å²) in [5.74, 6) is -2.63. The number of hydrogen-bond acceptors (Lipinski definition) is 8. The van der Waals surface area contributed by atoms with Gasteiger partial charge < -0.3 is 15.5 Å². The van der Waals surface area contributed by atoms with Gasteiger partial charge in [-0.3, -0.25) is 19.3 Å². The second kappa shape index (κ2) is 9.57. The van der Waals surface area contributed by atoms with Crippen molar-refractivity contribution in [2.24, 2.45) is 0 Å². The first kappa shape index (κ1) is 23.3. The van der Waals surface area contributed by atoms with Gasteiger partial charge in [-0.1, -0.05) is 42.1 Å². The van der Waals surface area contributed by atoms with Crippen LogP contribution in [0.3, 0.4) is 0 Å². The maximum absolute atomic E-state index is 12.8. The lowest BCUT2D eigenvalue weighted by Gasteiger charge is -2.49. The molecule has 1 aromatic carbocycles. The van der Waals surface area contributed by atoms with Crippen LogP contribution >= 0.6 is 34.9 Å². The highest BCUT2D eigenvalue weighted by Crippen LogP contribution is 2.46. The first-order chi connectivity index (χ1) is 15.7. The summed E-state index contributed by atoms with van der Waals surface area (Å²) >= 11 is 3.71. The zero-order valence-electron chi connectivity index (χ0n) is 17.3. The molecule has 2 amide bonds. The van der Waals surface area contributed by atoms with Gasteiger partial charge in [-0.2, -0.15) is 0 Å². The van der Waals surface area contributed by atoms with Crippen LogP contribution in [-0.4, -0.2) is 61.0 Å². The number of nitrogens with one attached hydrogen (secondary N) is 1. The van der Waals surface area contributed by atoms with E-state index in [2.05, 4.69) is 10.3 Å². The van der Waals surface area contributed by atoms with Crippen molar-refractivity contribution in [1.82, 2.24) is 15.2 Å². The Morgan fingerprint density at radius 1 is 1.21 bits per heavy atom. The van der Waals surface area contributed by atoms with Gasteiger partial charge in [0, 0.05) is 15.5 Å². The van der Waals surface area contributed by atoms with Crippen LogP contribution in [0.25, 0.3) is 0 Å². The molecule has 2 aliphatic heterocycles. The average Bonchev–Trinajstić information content (AvgIpc) is 3.10. The summed E-state index contributed by atoms with van der Waals surface area (Å²) in [5.41, 5.74) is 1.29. The predicted octanol–water partition coefficient (Wildman–Crippen LogP) is 2.11. The number of β-lactam (4-membered cyclic amide) rings is 1. The van der Waals surface area contributed by atoms with Crippen molar-refractivity contribution >= 4 is 58.6 Å². The number of benzene rings is 1. The SMILES string of the molecule is Cc1nc(SC2=C(C(=O)O)N3C(=O)[C@@H](NC(=O)Cc4ccccc4)[C@H]3SC2)sc1CC(=O)O. The number of thioether (sulfide) groups is 2. The number of hydrogen-bond donors (Lipinski definition) is 3. The number of fused-ring (bicyclic) bond motifs is 1. The zero-order valence-corrected chi connectivity index (χ0v) is 19.8. The molecular formula is C21H19N3O6S3. The highest BCUT2D eigenvalue weighted by atomic mass is 32.2. The fraction of sp³-hybridized carbons (Fsp3) is 0.286. The zero-order chi connectivity index (χ0) is 23.7. The molecule has 2 aromatic rings. The van der Waals surface area contributed by atoms with Gasteiger partial charge in [-0.05, 0) is 12.5 Å². The van der Waals surface area contributed by atoms with Crippen molar-refractivity contribution in [3.63, 3.8) is 0 Å². The standard InChI is InChI=1S/C21H19N3O6S3/c1-10-12(8-15(26)27)32-21(22-10)33-13-9-31-19-16(18(28)24(19)17(13)20(29)30)23-14(25)7-11-5-3-2-4-6-11/h2-6,16,19H,7-9H2,1H3,(H,23,25)(H,26,27)(H,29,30)/t16-,19-/m1/s1. The highest BCUT2D eigenvalue weighted by Gasteiger charge is 2.54. The number of carboxylic acid groups (broad SMARTS) is 2. The first-order valence-electron chi connectivity index (χ1n) is 9.85. The smallest absolute Gasteiger partial charge is 0.353 e. The van der Waals surface area contributed by atoms with Crippen LogP contribution in [-0.2, 0) is 32.0 Å². The van der Waals surface area contributed by atoms with Crippen LogP contribution in [0.15, 0.2) is 45.3 Å². The van der Waals surface area contributed by atoms with Gasteiger partial charge >= 0.3 is 11.9 Å². The summed E-state index contributed by atoms with van der Waals surface area (Å²) in [6.07, 6.45) is -0.0203. The average molecular weight is 506 g/mol. The molecule has 0 unspecified atom stereocenters. The fourth-order valence-corrected chi connectivity index (χ4v) is 7.39. The van der Waals surface area contributed by atoms with Crippen molar-refractivity contribution in [1.29, 1.82) is 0 Å². The second-order valence-electron chi connectivity index (χ2n) is 7.36. The Hall–Kier alpha value is -2.83. The number of amides is 2. The molecule has 9 nitrogen and oxygen atoms in total. The second-order valence-corrected chi connectivity index (χ2v) is 10.9. The molecule has 4 rings (SSSR count). The molecule has 12 heteroatoms. The van der Waals surface area contributed by atoms with E-state index >= 15 is 0 Å². The van der Waals surface area contributed by atoms with Crippen LogP contribution in [0.1, 0.15) is 16.1 Å². The predicted molar refractivity (Wildman–Crippen MR) is 124 cm³/mol. The van der Waals surface area contributed by atoms with Gasteiger partial charge in [0.15, 0.2) is 4.34 Å². The number of nitrogens with zero attached hydrogens (tertiary/aromatic N) is 2. The Morgan fingerprint density at radius 3 is 2.61 bits per heavy atom. The topological polar surface area (TPSA) is 137 Å². The summed E-state index contributed by atoms with van der Waals surface area (Å²) in [5, 5.41) is 21.1. The molecule has 2 atom stereocenters. The van der Waals surface area contributed by atoms with Crippen LogP contribution < -0.4 is 5.32 Å². The van der Waals surface area contributed by atoms with Crippen LogP contribution in [0.2, 0.25) is 0 Å². The largest absolute Gasteiger partial charge is 0.481 e. The monoisotopic (exact) mass is 505 g/mol. The number of carbonyl (C=O) groups is 4. The maximum Gasteiger partial charge on any atom is 0.353 e. The lowest BCUT2D eigenvalue weighted by molar-refractivity contribution is -0.150. The number of rotatable bonds is 8. The van der Waals surface area contributed by atoms with Crippen molar-refractivity contribution in [2.45, 2.75) is 35.5 Å². The van der Waals surface area contributed by atoms with Crippen molar-refractivity contribution < 1.29 is 29.4 Å². The summed E-state index contributed by atoms with van der Waals surface area (Å²) in [7, 11) is 0. The number of thiazole rings is 1. The molecule has 3 N–H and O–H groups in total. The third-order valence-corrected chi connectivity index (χ3v) is 8.82. The Morgan fingerprint density at radius 2 is 1.94 bits per heavy atom. The van der Waals surface area contributed by atoms with Gasteiger partial charge in [0.25, 0.3) is 5.91 Å². The van der Waals surface area contributed by atoms with Crippen molar-refractivity contribution in [2.75, 3.05) is 5.75 Å². The van der Waals surface area contributed by atoms with E-state index in [1.165, 1.54) is 28.0 Å². The molecule has 1 fully saturated rings. The van der Waals surface area contributed by atoms with Gasteiger partial charge in [0.1, 0.15) is 17.1 Å². The lowest BCUT2D eigenvalue weighted by Crippen LogP contribution is -2.70. The van der Waals surface area contributed by atoms with Crippen LogP contribution in [0.4, 0.5) is 0 Å². The summed E-state index contributed by atoms with van der Waals surface area (Å²) in [6, 6.07) is 8.36. The maximum atomic E-state index is 12.8. The fourth-order valence-electron chi connectivity index (χ4n) is 3.53. The molecule has 0 aliphatic carbocycles. The Balaban J connectivity index is 1.48. The molecule has 0 radical (unpaired) electrons. The van der Waals surface area contributed by atoms with E-state index in [4.69, 9.17) is 5.11 Å². The van der Waals surface area contributed by atoms with Crippen LogP contribution in [0.5, 0.6) is 0 Å². The minimum absolute atomic E-state index is 0.116. The number of aliphatic carboxylic acids is 2. The van der Waals surface area contributed by atoms with Gasteiger partial charge in [-0.25, -0.2) is 9.78 Å². The van der Waals surface area contributed by atoms with E-state index in [-0.39, 0.29) is 24.4 Å². The molecule has 1 aromatic heterocycles. The minimum Gasteiger partial charge on any atom is -0.481 e. The van der Waals surface area contributed by atoms with E-state index in [9.17, 15) is 24.3 Å². The number of carboxylic acids is 2. The molecule has 33 heavy (non-hydrogen) atoms. The number of aromatic nitrogens is 1. The Kier molecular flexibility index (Phi) is 6.77. The van der Waals surface area contributed by atoms with E-state index in [0.717, 1.165) is 17.3 Å². The minimum atomic E-state index is -1.23. The van der Waals surface area contributed by atoms with E-state index < -0.39 is 29.3 Å². The van der Waals surface area contributed by atoms with Gasteiger partial charge in [0.05, 0.1) is 18.5 Å². The summed E-state index contributed by atoms with van der Waals surface area (Å²) in [4.78, 5) is 54.8. The van der Waals surface area contributed by atoms with Gasteiger partial charge in [0.2, 0.25) is 5.91 Å². The molecule has 0 bridgehead atoms. The summed E-state index contributed by atoms with van der Waals surface area (Å²) in [6.45, 7) is 1.71. The van der Waals surface area contributed by atoms with E-state index in [0.29, 0.717) is 25.6 Å². The Labute approximate surface area is 201 Å². The first-order valence-corrected chi connectivity index (χ1v) is 12.5.